The van der Waals surface area contributed by atoms with Crippen LogP contribution < -0.4 is 10.6 Å². The Bertz CT molecular complexity index is 1030. The lowest BCUT2D eigenvalue weighted by Crippen LogP contribution is -2.57. The van der Waals surface area contributed by atoms with Crippen LogP contribution in [0.2, 0.25) is 0 Å². The maximum absolute atomic E-state index is 14.2. The fourth-order valence-corrected chi connectivity index (χ4v) is 4.59. The zero-order valence-electron chi connectivity index (χ0n) is 23.6. The van der Waals surface area contributed by atoms with Crippen molar-refractivity contribution < 1.29 is 28.7 Å². The molecule has 1 aromatic rings. The normalized spacial score (nSPS) is 14.7. The van der Waals surface area contributed by atoms with Crippen LogP contribution in [-0.2, 0) is 23.9 Å². The van der Waals surface area contributed by atoms with Crippen molar-refractivity contribution in [3.63, 3.8) is 0 Å². The number of carbonyl (C=O) groups is 4. The van der Waals surface area contributed by atoms with Crippen LogP contribution in [0.5, 0.6) is 0 Å². The fourth-order valence-electron chi connectivity index (χ4n) is 4.12. The van der Waals surface area contributed by atoms with Crippen LogP contribution in [0.25, 0.3) is 0 Å². The summed E-state index contributed by atoms with van der Waals surface area (Å²) in [5, 5.41) is 5.54. The Morgan fingerprint density at radius 1 is 1.18 bits per heavy atom. The van der Waals surface area contributed by atoms with E-state index in [1.165, 1.54) is 0 Å². The molecule has 0 radical (unpaired) electrons. The maximum Gasteiger partial charge on any atom is 0.408 e. The number of rotatable bonds is 13. The zero-order valence-corrected chi connectivity index (χ0v) is 24.4. The van der Waals surface area contributed by atoms with E-state index >= 15 is 0 Å². The van der Waals surface area contributed by atoms with Crippen molar-refractivity contribution in [1.29, 1.82) is 0 Å². The summed E-state index contributed by atoms with van der Waals surface area (Å²) in [6.07, 6.45) is 9.54. The number of alkyl carbamates (subject to hydrolysis) is 1. The highest BCUT2D eigenvalue weighted by Gasteiger charge is 2.41. The molecule has 2 unspecified atom stereocenters. The lowest BCUT2D eigenvalue weighted by atomic mass is 9.87. The molecule has 1 aromatic carbocycles. The fraction of sp³-hybridized carbons (Fsp3) is 0.586. The smallest absolute Gasteiger partial charge is 0.408 e. The molecule has 9 nitrogen and oxygen atoms in total. The van der Waals surface area contributed by atoms with E-state index < -0.39 is 35.7 Å². The number of nitrogens with one attached hydrogen (secondary N) is 2. The minimum atomic E-state index is -0.978. The third-order valence-corrected chi connectivity index (χ3v) is 6.82. The topological polar surface area (TPSA) is 114 Å². The molecule has 2 rings (SSSR count). The van der Waals surface area contributed by atoms with Crippen molar-refractivity contribution in [2.45, 2.75) is 83.5 Å². The number of carbonyl (C=O) groups excluding carboxylic acids is 4. The second-order valence-electron chi connectivity index (χ2n) is 10.3. The predicted molar refractivity (Wildman–Crippen MR) is 152 cm³/mol. The number of thioether (sulfide) groups is 1. The van der Waals surface area contributed by atoms with Crippen molar-refractivity contribution in [2.75, 3.05) is 25.2 Å². The van der Waals surface area contributed by atoms with Gasteiger partial charge in [-0.05, 0) is 83.1 Å². The molecule has 0 aliphatic heterocycles. The van der Waals surface area contributed by atoms with Gasteiger partial charge in [0, 0.05) is 18.2 Å². The van der Waals surface area contributed by atoms with Gasteiger partial charge in [0.15, 0.2) is 0 Å². The molecule has 0 heterocycles. The molecular weight excluding hydrogens is 518 g/mol. The van der Waals surface area contributed by atoms with Gasteiger partial charge in [-0.25, -0.2) is 4.79 Å². The molecule has 0 spiro atoms. The monoisotopic (exact) mass is 559 g/mol. The molecule has 2 atom stereocenters. The Hall–Kier alpha value is -3.19. The Balaban J connectivity index is 2.42. The maximum atomic E-state index is 14.2. The molecule has 0 aromatic heterocycles. The van der Waals surface area contributed by atoms with Gasteiger partial charge in [0.2, 0.25) is 11.8 Å². The van der Waals surface area contributed by atoms with Crippen LogP contribution in [0.1, 0.15) is 77.0 Å². The summed E-state index contributed by atoms with van der Waals surface area (Å²) in [7, 11) is 0. The van der Waals surface area contributed by atoms with Crippen LogP contribution >= 0.6 is 11.8 Å². The van der Waals surface area contributed by atoms with Gasteiger partial charge >= 0.3 is 12.1 Å². The Kier molecular flexibility index (Phi) is 12.7. The number of amides is 3. The van der Waals surface area contributed by atoms with Gasteiger partial charge in [-0.15, -0.1) is 6.42 Å². The number of terminal acetylenes is 1. The summed E-state index contributed by atoms with van der Waals surface area (Å²) in [6, 6.07) is 4.89. The first-order valence-corrected chi connectivity index (χ1v) is 14.7. The van der Waals surface area contributed by atoms with Gasteiger partial charge in [0.25, 0.3) is 0 Å². The second kappa shape index (κ2) is 15.4. The van der Waals surface area contributed by atoms with E-state index in [1.807, 2.05) is 6.26 Å². The van der Waals surface area contributed by atoms with Gasteiger partial charge < -0.3 is 25.0 Å². The Morgan fingerprint density at radius 2 is 1.85 bits per heavy atom. The minimum Gasteiger partial charge on any atom is -0.466 e. The molecule has 1 fully saturated rings. The third-order valence-electron chi connectivity index (χ3n) is 6.18. The van der Waals surface area contributed by atoms with Crippen LogP contribution in [0.4, 0.5) is 4.79 Å². The number of esters is 1. The average molecular weight is 560 g/mol. The molecule has 1 aliphatic carbocycles. The van der Waals surface area contributed by atoms with Crippen molar-refractivity contribution in [2.24, 2.45) is 0 Å². The molecule has 0 bridgehead atoms. The van der Waals surface area contributed by atoms with Crippen molar-refractivity contribution in [3.05, 3.63) is 35.4 Å². The van der Waals surface area contributed by atoms with E-state index in [2.05, 4.69) is 16.6 Å². The van der Waals surface area contributed by atoms with Crippen molar-refractivity contribution >= 4 is 35.6 Å². The molecule has 2 N–H and O–H groups in total. The quantitative estimate of drug-likeness (QED) is 0.279. The highest BCUT2D eigenvalue weighted by Crippen LogP contribution is 2.34. The average Bonchev–Trinajstić information content (AvgIpc) is 2.84. The largest absolute Gasteiger partial charge is 0.466 e. The summed E-state index contributed by atoms with van der Waals surface area (Å²) in [5.41, 5.74) is 0.500. The SMILES string of the molecule is C#Cc1ccc(C(C(=O)NCCC(=O)OCC)N(C(=O)C(CCSC)NC(=O)OC(C)(C)C)C2CCC2)cc1. The Morgan fingerprint density at radius 3 is 2.36 bits per heavy atom. The Labute approximate surface area is 236 Å². The number of nitrogens with zero attached hydrogens (tertiary/aromatic N) is 1. The van der Waals surface area contributed by atoms with E-state index in [9.17, 15) is 19.2 Å². The summed E-state index contributed by atoms with van der Waals surface area (Å²) in [6.45, 7) is 7.29. The molecule has 1 aliphatic rings. The van der Waals surface area contributed by atoms with E-state index in [0.29, 0.717) is 23.3 Å². The molecule has 10 heteroatoms. The molecule has 1 saturated carbocycles. The summed E-state index contributed by atoms with van der Waals surface area (Å²) in [5.74, 6) is 1.99. The predicted octanol–water partition coefficient (Wildman–Crippen LogP) is 3.81. The standard InChI is InChI=1S/C29H41N3O6S/c1-7-20-12-14-21(15-13-20)25(26(34)30-18-16-24(33)37-8-2)32(22-10-9-11-22)27(35)23(17-19-39-6)31-28(36)38-29(3,4)5/h1,12-15,22-23,25H,8-11,16-19H2,2-6H3,(H,30,34)(H,31,36). The van der Waals surface area contributed by atoms with E-state index in [4.69, 9.17) is 15.9 Å². The van der Waals surface area contributed by atoms with Crippen molar-refractivity contribution in [1.82, 2.24) is 15.5 Å². The highest BCUT2D eigenvalue weighted by atomic mass is 32.2. The highest BCUT2D eigenvalue weighted by molar-refractivity contribution is 7.98. The summed E-state index contributed by atoms with van der Waals surface area (Å²) < 4.78 is 10.4. The molecule has 3 amide bonds. The van der Waals surface area contributed by atoms with Crippen LogP contribution in [-0.4, -0.2) is 71.6 Å². The van der Waals surface area contributed by atoms with Crippen LogP contribution in [0, 0.1) is 12.3 Å². The molecular formula is C29H41N3O6S. The molecule has 39 heavy (non-hydrogen) atoms. The van der Waals surface area contributed by atoms with E-state index in [-0.39, 0.29) is 31.5 Å². The minimum absolute atomic E-state index is 0.0102. The first-order valence-electron chi connectivity index (χ1n) is 13.3. The lowest BCUT2D eigenvalue weighted by Gasteiger charge is -2.43. The van der Waals surface area contributed by atoms with Gasteiger partial charge in [-0.2, -0.15) is 11.8 Å². The van der Waals surface area contributed by atoms with Crippen LogP contribution in [0.15, 0.2) is 24.3 Å². The third kappa shape index (κ3) is 10.1. The molecule has 0 saturated heterocycles. The zero-order chi connectivity index (χ0) is 29.0. The van der Waals surface area contributed by atoms with Crippen molar-refractivity contribution in [3.8, 4) is 12.3 Å². The van der Waals surface area contributed by atoms with E-state index in [1.54, 1.807) is 68.6 Å². The second-order valence-corrected chi connectivity index (χ2v) is 11.3. The number of hydrogen-bond acceptors (Lipinski definition) is 7. The van der Waals surface area contributed by atoms with Gasteiger partial charge in [-0.3, -0.25) is 14.4 Å². The van der Waals surface area contributed by atoms with Gasteiger partial charge in [0.1, 0.15) is 17.7 Å². The number of hydrogen-bond donors (Lipinski definition) is 2. The van der Waals surface area contributed by atoms with E-state index in [0.717, 1.165) is 19.3 Å². The molecule has 214 valence electrons. The first kappa shape index (κ1) is 32.0. The number of ether oxygens (including phenoxy) is 2. The van der Waals surface area contributed by atoms with Crippen LogP contribution in [0.3, 0.4) is 0 Å². The first-order chi connectivity index (χ1) is 18.5. The van der Waals surface area contributed by atoms with Gasteiger partial charge in [0.05, 0.1) is 13.0 Å². The summed E-state index contributed by atoms with van der Waals surface area (Å²) in [4.78, 5) is 53.9. The van der Waals surface area contributed by atoms with Gasteiger partial charge in [-0.1, -0.05) is 18.1 Å². The lowest BCUT2D eigenvalue weighted by molar-refractivity contribution is -0.148. The summed E-state index contributed by atoms with van der Waals surface area (Å²) >= 11 is 1.56. The number of benzene rings is 1.